The second kappa shape index (κ2) is 4.16. The van der Waals surface area contributed by atoms with Gasteiger partial charge in [0.15, 0.2) is 0 Å². The first-order valence-corrected chi connectivity index (χ1v) is 4.26. The van der Waals surface area contributed by atoms with E-state index in [0.29, 0.717) is 11.0 Å². The first kappa shape index (κ1) is 10.2. The molecule has 0 aromatic carbocycles. The quantitative estimate of drug-likeness (QED) is 0.518. The van der Waals surface area contributed by atoms with Crippen molar-refractivity contribution in [1.29, 1.82) is 0 Å². The van der Waals surface area contributed by atoms with Crippen molar-refractivity contribution in [3.63, 3.8) is 0 Å². The topological polar surface area (TPSA) is 29.5 Å². The van der Waals surface area contributed by atoms with Crippen LogP contribution in [0.25, 0.3) is 0 Å². The molecule has 0 bridgehead atoms. The van der Waals surface area contributed by atoms with Crippen molar-refractivity contribution in [3.05, 3.63) is 0 Å². The van der Waals surface area contributed by atoms with Crippen LogP contribution in [0.4, 0.5) is 0 Å². The molecule has 0 saturated heterocycles. The zero-order valence-corrected chi connectivity index (χ0v) is 8.01. The lowest BCUT2D eigenvalue weighted by atomic mass is 10.5. The molecule has 0 atom stereocenters. The van der Waals surface area contributed by atoms with Gasteiger partial charge in [0.1, 0.15) is 4.93 Å². The molecule has 0 heterocycles. The maximum absolute atomic E-state index is 9.21. The van der Waals surface area contributed by atoms with Crippen molar-refractivity contribution in [3.8, 4) is 0 Å². The Hall–Kier alpha value is 0.200. The van der Waals surface area contributed by atoms with Gasteiger partial charge in [-0.15, -0.1) is 0 Å². The van der Waals surface area contributed by atoms with Crippen LogP contribution in [-0.4, -0.2) is 21.0 Å². The fraction of sp³-hybridized carbons (Fsp3) is 0.833. The minimum atomic E-state index is -0.827. The van der Waals surface area contributed by atoms with Crippen LogP contribution in [0.3, 0.4) is 0 Å². The highest BCUT2D eigenvalue weighted by atomic mass is 32.2. The smallest absolute Gasteiger partial charge is 0.222 e. The Morgan fingerprint density at radius 1 is 1.70 bits per heavy atom. The van der Waals surface area contributed by atoms with Gasteiger partial charge >= 0.3 is 0 Å². The van der Waals surface area contributed by atoms with Crippen LogP contribution < -0.4 is 0 Å². The number of aliphatic hydroxyl groups is 1. The normalized spacial score (nSPS) is 11.2. The third-order valence-electron chi connectivity index (χ3n) is 0.595. The highest BCUT2D eigenvalue weighted by Gasteiger charge is 2.16. The van der Waals surface area contributed by atoms with E-state index in [1.165, 1.54) is 0 Å². The SMILES string of the molecule is CCOC(=S)SC(C)(C)O. The molecular formula is C6H12O2S2. The summed E-state index contributed by atoms with van der Waals surface area (Å²) in [6.07, 6.45) is 0. The van der Waals surface area contributed by atoms with Crippen LogP contribution in [0.1, 0.15) is 20.8 Å². The second-order valence-corrected chi connectivity index (χ2v) is 4.44. The predicted molar refractivity (Wildman–Crippen MR) is 48.1 cm³/mol. The van der Waals surface area contributed by atoms with Gasteiger partial charge in [-0.25, -0.2) is 0 Å². The third kappa shape index (κ3) is 6.32. The molecule has 0 spiro atoms. The monoisotopic (exact) mass is 180 g/mol. The average Bonchev–Trinajstić information content (AvgIpc) is 1.59. The minimum absolute atomic E-state index is 0.398. The zero-order chi connectivity index (χ0) is 8.20. The molecular weight excluding hydrogens is 168 g/mol. The van der Waals surface area contributed by atoms with Crippen LogP contribution in [0.5, 0.6) is 0 Å². The molecule has 0 aliphatic heterocycles. The number of ether oxygens (including phenoxy) is 1. The molecule has 0 rings (SSSR count). The summed E-state index contributed by atoms with van der Waals surface area (Å²) >= 11 is 5.93. The number of hydrogen-bond acceptors (Lipinski definition) is 4. The molecule has 0 aromatic rings. The Morgan fingerprint density at radius 2 is 2.20 bits per heavy atom. The Morgan fingerprint density at radius 3 is 2.50 bits per heavy atom. The largest absolute Gasteiger partial charge is 0.479 e. The lowest BCUT2D eigenvalue weighted by Gasteiger charge is -2.15. The highest BCUT2D eigenvalue weighted by Crippen LogP contribution is 2.22. The second-order valence-electron chi connectivity index (χ2n) is 2.23. The average molecular weight is 180 g/mol. The summed E-state index contributed by atoms with van der Waals surface area (Å²) in [4.78, 5) is -0.827. The number of hydrogen-bond donors (Lipinski definition) is 1. The van der Waals surface area contributed by atoms with Gasteiger partial charge in [-0.2, -0.15) is 0 Å². The molecule has 0 saturated carbocycles. The van der Waals surface area contributed by atoms with E-state index in [2.05, 4.69) is 0 Å². The maximum atomic E-state index is 9.21. The van der Waals surface area contributed by atoms with Crippen molar-refractivity contribution < 1.29 is 9.84 Å². The Labute approximate surface area is 71.0 Å². The molecule has 2 nitrogen and oxygen atoms in total. The van der Waals surface area contributed by atoms with Gasteiger partial charge in [0.05, 0.1) is 6.61 Å². The third-order valence-corrected chi connectivity index (χ3v) is 1.75. The highest BCUT2D eigenvalue weighted by molar-refractivity contribution is 8.23. The molecule has 60 valence electrons. The van der Waals surface area contributed by atoms with E-state index in [-0.39, 0.29) is 0 Å². The van der Waals surface area contributed by atoms with Gasteiger partial charge in [-0.05, 0) is 44.8 Å². The molecule has 1 N–H and O–H groups in total. The summed E-state index contributed by atoms with van der Waals surface area (Å²) in [5.41, 5.74) is 0. The van der Waals surface area contributed by atoms with Crippen molar-refractivity contribution in [1.82, 2.24) is 0 Å². The van der Waals surface area contributed by atoms with Gasteiger partial charge < -0.3 is 9.84 Å². The standard InChI is InChI=1S/C6H12O2S2/c1-4-8-5(9)10-6(2,3)7/h7H,4H2,1-3H3. The Balaban J connectivity index is 3.58. The fourth-order valence-corrected chi connectivity index (χ4v) is 1.67. The number of thioether (sulfide) groups is 1. The van der Waals surface area contributed by atoms with Crippen molar-refractivity contribution in [2.45, 2.75) is 25.7 Å². The summed E-state index contributed by atoms with van der Waals surface area (Å²) in [5.74, 6) is 0. The maximum Gasteiger partial charge on any atom is 0.222 e. The first-order chi connectivity index (χ1) is 4.45. The van der Waals surface area contributed by atoms with E-state index in [9.17, 15) is 5.11 Å². The molecule has 10 heavy (non-hydrogen) atoms. The molecule has 0 aliphatic rings. The van der Waals surface area contributed by atoms with Gasteiger partial charge in [0.2, 0.25) is 4.38 Å². The van der Waals surface area contributed by atoms with Crippen LogP contribution in [-0.2, 0) is 4.74 Å². The molecule has 0 unspecified atom stereocenters. The van der Waals surface area contributed by atoms with E-state index < -0.39 is 4.93 Å². The molecule has 0 amide bonds. The summed E-state index contributed by atoms with van der Waals surface area (Å²) in [6, 6.07) is 0. The molecule has 0 fully saturated rings. The molecule has 0 radical (unpaired) electrons. The fourth-order valence-electron chi connectivity index (χ4n) is 0.351. The van der Waals surface area contributed by atoms with Gasteiger partial charge in [0.25, 0.3) is 0 Å². The van der Waals surface area contributed by atoms with Crippen molar-refractivity contribution >= 4 is 28.4 Å². The van der Waals surface area contributed by atoms with E-state index >= 15 is 0 Å². The van der Waals surface area contributed by atoms with Crippen LogP contribution in [0.2, 0.25) is 0 Å². The minimum Gasteiger partial charge on any atom is -0.479 e. The molecule has 4 heteroatoms. The Kier molecular flexibility index (Phi) is 4.24. The summed E-state index contributed by atoms with van der Waals surface area (Å²) in [6.45, 7) is 5.76. The van der Waals surface area contributed by atoms with E-state index in [1.54, 1.807) is 13.8 Å². The van der Waals surface area contributed by atoms with Crippen LogP contribution in [0, 0.1) is 0 Å². The summed E-state index contributed by atoms with van der Waals surface area (Å²) in [5, 5.41) is 9.21. The van der Waals surface area contributed by atoms with Crippen molar-refractivity contribution in [2.24, 2.45) is 0 Å². The van der Waals surface area contributed by atoms with Gasteiger partial charge in [-0.1, -0.05) is 0 Å². The zero-order valence-electron chi connectivity index (χ0n) is 6.38. The van der Waals surface area contributed by atoms with Crippen LogP contribution >= 0.6 is 24.0 Å². The first-order valence-electron chi connectivity index (χ1n) is 3.04. The summed E-state index contributed by atoms with van der Waals surface area (Å²) in [7, 11) is 0. The molecule has 0 aliphatic carbocycles. The molecule has 0 aromatic heterocycles. The van der Waals surface area contributed by atoms with E-state index in [1.807, 2.05) is 6.92 Å². The Bertz CT molecular complexity index is 117. The van der Waals surface area contributed by atoms with E-state index in [4.69, 9.17) is 17.0 Å². The van der Waals surface area contributed by atoms with Gasteiger partial charge in [-0.3, -0.25) is 0 Å². The van der Waals surface area contributed by atoms with Crippen LogP contribution in [0.15, 0.2) is 0 Å². The predicted octanol–water partition coefficient (Wildman–Crippen LogP) is 1.77. The number of rotatable bonds is 2. The van der Waals surface area contributed by atoms with E-state index in [0.717, 1.165) is 11.8 Å². The summed E-state index contributed by atoms with van der Waals surface area (Å²) < 4.78 is 5.35. The lowest BCUT2D eigenvalue weighted by Crippen LogP contribution is -2.16. The lowest BCUT2D eigenvalue weighted by molar-refractivity contribution is 0.179. The number of thiocarbonyl (C=S) groups is 1. The van der Waals surface area contributed by atoms with Gasteiger partial charge in [0, 0.05) is 0 Å². The van der Waals surface area contributed by atoms with Crippen molar-refractivity contribution in [2.75, 3.05) is 6.61 Å².